The van der Waals surface area contributed by atoms with Gasteiger partial charge in [-0.1, -0.05) is 24.0 Å². The fourth-order valence-electron chi connectivity index (χ4n) is 2.31. The number of rotatable bonds is 2. The molecule has 1 aromatic carbocycles. The highest BCUT2D eigenvalue weighted by molar-refractivity contribution is 7.89. The van der Waals surface area contributed by atoms with Gasteiger partial charge < -0.3 is 10.6 Å². The zero-order chi connectivity index (χ0) is 15.5. The minimum Gasteiger partial charge on any atom is -0.320 e. The molecule has 0 bridgehead atoms. The van der Waals surface area contributed by atoms with E-state index in [9.17, 15) is 8.42 Å². The van der Waals surface area contributed by atoms with Gasteiger partial charge in [0.25, 0.3) is 0 Å². The monoisotopic (exact) mass is 307 g/mol. The van der Waals surface area contributed by atoms with Crippen LogP contribution in [0, 0.1) is 11.8 Å². The standard InChI is InChI=1S/C15H21N3O2S/c1-13-12-18(11-10-17(13)2)21(19,20)15-8-4-3-6-14(15)7-5-9-16/h3-4,6,8,13H,9-12,16H2,1-2H3. The Balaban J connectivity index is 2.36. The van der Waals surface area contributed by atoms with E-state index in [-0.39, 0.29) is 17.5 Å². The molecule has 0 radical (unpaired) electrons. The summed E-state index contributed by atoms with van der Waals surface area (Å²) in [5.74, 6) is 5.57. The molecule has 1 unspecified atom stereocenters. The molecule has 1 fully saturated rings. The van der Waals surface area contributed by atoms with Crippen molar-refractivity contribution in [1.29, 1.82) is 0 Å². The molecule has 2 rings (SSSR count). The highest BCUT2D eigenvalue weighted by Crippen LogP contribution is 2.22. The maximum atomic E-state index is 12.8. The lowest BCUT2D eigenvalue weighted by atomic mass is 10.2. The minimum absolute atomic E-state index is 0.204. The molecule has 21 heavy (non-hydrogen) atoms. The SMILES string of the molecule is CC1CN(S(=O)(=O)c2ccccc2C#CCN)CCN1C. The molecule has 1 aliphatic heterocycles. The van der Waals surface area contributed by atoms with E-state index in [1.54, 1.807) is 28.6 Å². The number of nitrogens with two attached hydrogens (primary N) is 1. The largest absolute Gasteiger partial charge is 0.320 e. The molecule has 114 valence electrons. The van der Waals surface area contributed by atoms with Crippen molar-refractivity contribution in [3.63, 3.8) is 0 Å². The zero-order valence-corrected chi connectivity index (χ0v) is 13.2. The van der Waals surface area contributed by atoms with Crippen molar-refractivity contribution >= 4 is 10.0 Å². The summed E-state index contributed by atoms with van der Waals surface area (Å²) >= 11 is 0. The average molecular weight is 307 g/mol. The first-order valence-electron chi connectivity index (χ1n) is 6.95. The van der Waals surface area contributed by atoms with Crippen molar-refractivity contribution in [2.75, 3.05) is 33.2 Å². The maximum absolute atomic E-state index is 12.8. The highest BCUT2D eigenvalue weighted by Gasteiger charge is 2.31. The Labute approximate surface area is 126 Å². The van der Waals surface area contributed by atoms with Crippen LogP contribution in [0.5, 0.6) is 0 Å². The third-order valence-corrected chi connectivity index (χ3v) is 5.68. The van der Waals surface area contributed by atoms with Crippen LogP contribution in [0.1, 0.15) is 12.5 Å². The van der Waals surface area contributed by atoms with Crippen LogP contribution in [0.3, 0.4) is 0 Å². The summed E-state index contributed by atoms with van der Waals surface area (Å²) in [6.45, 7) is 3.97. The second-order valence-electron chi connectivity index (χ2n) is 5.19. The fraction of sp³-hybridized carbons (Fsp3) is 0.467. The second-order valence-corrected chi connectivity index (χ2v) is 7.10. The van der Waals surface area contributed by atoms with Crippen LogP contribution in [0.15, 0.2) is 29.2 Å². The average Bonchev–Trinajstić information content (AvgIpc) is 2.48. The van der Waals surface area contributed by atoms with Crippen LogP contribution < -0.4 is 5.73 Å². The lowest BCUT2D eigenvalue weighted by Gasteiger charge is -2.36. The first kappa shape index (κ1) is 16.0. The molecule has 1 heterocycles. The number of piperazine rings is 1. The van der Waals surface area contributed by atoms with Crippen molar-refractivity contribution in [3.05, 3.63) is 29.8 Å². The van der Waals surface area contributed by atoms with E-state index in [4.69, 9.17) is 5.73 Å². The van der Waals surface area contributed by atoms with Gasteiger partial charge >= 0.3 is 0 Å². The summed E-state index contributed by atoms with van der Waals surface area (Å²) in [5, 5.41) is 0. The molecular weight excluding hydrogens is 286 g/mol. The Morgan fingerprint density at radius 2 is 2.05 bits per heavy atom. The number of likely N-dealkylation sites (N-methyl/N-ethyl adjacent to an activating group) is 1. The number of sulfonamides is 1. The van der Waals surface area contributed by atoms with Gasteiger partial charge in [0, 0.05) is 31.2 Å². The summed E-state index contributed by atoms with van der Waals surface area (Å²) < 4.78 is 27.2. The van der Waals surface area contributed by atoms with E-state index in [0.717, 1.165) is 6.54 Å². The number of hydrogen-bond acceptors (Lipinski definition) is 4. The number of nitrogens with zero attached hydrogens (tertiary/aromatic N) is 2. The highest BCUT2D eigenvalue weighted by atomic mass is 32.2. The summed E-state index contributed by atoms with van der Waals surface area (Å²) in [6, 6.07) is 7.04. The molecule has 1 atom stereocenters. The van der Waals surface area contributed by atoms with Crippen molar-refractivity contribution in [2.24, 2.45) is 5.73 Å². The molecular formula is C15H21N3O2S. The first-order valence-corrected chi connectivity index (χ1v) is 8.39. The Morgan fingerprint density at radius 1 is 1.33 bits per heavy atom. The molecule has 0 spiro atoms. The van der Waals surface area contributed by atoms with E-state index in [1.807, 2.05) is 14.0 Å². The molecule has 0 amide bonds. The van der Waals surface area contributed by atoms with Gasteiger partial charge in [-0.2, -0.15) is 4.31 Å². The third kappa shape index (κ3) is 3.44. The van der Waals surface area contributed by atoms with E-state index in [2.05, 4.69) is 16.7 Å². The van der Waals surface area contributed by atoms with Crippen LogP contribution in [0.4, 0.5) is 0 Å². The van der Waals surface area contributed by atoms with E-state index >= 15 is 0 Å². The van der Waals surface area contributed by atoms with Gasteiger partial charge in [0.05, 0.1) is 11.4 Å². The lowest BCUT2D eigenvalue weighted by molar-refractivity contribution is 0.159. The molecule has 0 saturated carbocycles. The van der Waals surface area contributed by atoms with Crippen LogP contribution in [0.25, 0.3) is 0 Å². The molecule has 5 nitrogen and oxygen atoms in total. The lowest BCUT2D eigenvalue weighted by Crippen LogP contribution is -2.51. The van der Waals surface area contributed by atoms with Gasteiger partial charge in [-0.25, -0.2) is 8.42 Å². The van der Waals surface area contributed by atoms with Crippen molar-refractivity contribution < 1.29 is 8.42 Å². The minimum atomic E-state index is -3.52. The fourth-order valence-corrected chi connectivity index (χ4v) is 3.97. The summed E-state index contributed by atoms with van der Waals surface area (Å²) in [7, 11) is -1.51. The van der Waals surface area contributed by atoms with Crippen molar-refractivity contribution in [1.82, 2.24) is 9.21 Å². The van der Waals surface area contributed by atoms with Gasteiger partial charge in [0.2, 0.25) is 10.0 Å². The second kappa shape index (κ2) is 6.58. The number of benzene rings is 1. The van der Waals surface area contributed by atoms with Crippen LogP contribution in [0.2, 0.25) is 0 Å². The first-order chi connectivity index (χ1) is 9.96. The quantitative estimate of drug-likeness (QED) is 0.799. The Bertz CT molecular complexity index is 661. The van der Waals surface area contributed by atoms with Crippen LogP contribution >= 0.6 is 0 Å². The summed E-state index contributed by atoms with van der Waals surface area (Å²) in [5.41, 5.74) is 5.88. The molecule has 6 heteroatoms. The van der Waals surface area contributed by atoms with Gasteiger partial charge in [-0.05, 0) is 26.1 Å². The molecule has 1 aromatic rings. The van der Waals surface area contributed by atoms with E-state index in [0.29, 0.717) is 18.7 Å². The molecule has 0 aromatic heterocycles. The summed E-state index contributed by atoms with van der Waals surface area (Å²) in [6.07, 6.45) is 0. The molecule has 2 N–H and O–H groups in total. The predicted octanol–water partition coefficient (Wildman–Crippen LogP) is 0.321. The molecule has 1 saturated heterocycles. The van der Waals surface area contributed by atoms with Gasteiger partial charge in [0.15, 0.2) is 0 Å². The molecule has 0 aliphatic carbocycles. The molecule has 1 aliphatic rings. The van der Waals surface area contributed by atoms with Crippen molar-refractivity contribution in [2.45, 2.75) is 17.9 Å². The van der Waals surface area contributed by atoms with Gasteiger partial charge in [-0.3, -0.25) is 0 Å². The van der Waals surface area contributed by atoms with E-state index in [1.165, 1.54) is 0 Å². The van der Waals surface area contributed by atoms with Gasteiger partial charge in [-0.15, -0.1) is 0 Å². The third-order valence-electron chi connectivity index (χ3n) is 3.75. The van der Waals surface area contributed by atoms with Gasteiger partial charge in [0.1, 0.15) is 0 Å². The predicted molar refractivity (Wildman–Crippen MR) is 83.2 cm³/mol. The smallest absolute Gasteiger partial charge is 0.244 e. The van der Waals surface area contributed by atoms with Crippen LogP contribution in [-0.4, -0.2) is 56.9 Å². The van der Waals surface area contributed by atoms with Crippen LogP contribution in [-0.2, 0) is 10.0 Å². The Hall–Kier alpha value is -1.39. The zero-order valence-electron chi connectivity index (χ0n) is 12.4. The van der Waals surface area contributed by atoms with Crippen molar-refractivity contribution in [3.8, 4) is 11.8 Å². The number of hydrogen-bond donors (Lipinski definition) is 1. The topological polar surface area (TPSA) is 66.6 Å². The Kier molecular flexibility index (Phi) is 5.01. The maximum Gasteiger partial charge on any atom is 0.244 e. The van der Waals surface area contributed by atoms with E-state index < -0.39 is 10.0 Å². The normalized spacial score (nSPS) is 20.8. The summed E-state index contributed by atoms with van der Waals surface area (Å²) in [4.78, 5) is 2.43. The Morgan fingerprint density at radius 3 is 2.71 bits per heavy atom.